The number of ether oxygens (including phenoxy) is 1. The number of hydrogen-bond acceptors (Lipinski definition) is 2. The van der Waals surface area contributed by atoms with Gasteiger partial charge in [-0.15, -0.1) is 0 Å². The number of allylic oxidation sites excluding steroid dienone is 1. The van der Waals surface area contributed by atoms with Gasteiger partial charge in [0.25, 0.3) is 0 Å². The van der Waals surface area contributed by atoms with Gasteiger partial charge in [0.1, 0.15) is 6.26 Å². The first kappa shape index (κ1) is 8.18. The molecule has 0 spiro atoms. The molecule has 0 N–H and O–H groups in total. The molecule has 2 heteroatoms. The molecule has 0 saturated heterocycles. The van der Waals surface area contributed by atoms with Crippen LogP contribution in [0.2, 0.25) is 0 Å². The molecule has 1 aliphatic carbocycles. The van der Waals surface area contributed by atoms with Crippen molar-refractivity contribution in [1.29, 1.82) is 0 Å². The first-order valence-electron chi connectivity index (χ1n) is 3.90. The van der Waals surface area contributed by atoms with Crippen molar-refractivity contribution in [2.75, 3.05) is 7.11 Å². The molecule has 0 atom stereocenters. The number of nitrogens with zero attached hydrogens (tertiary/aromatic N) is 1. The molecule has 1 saturated carbocycles. The Balaban J connectivity index is 2.52. The lowest BCUT2D eigenvalue weighted by atomic mass is 10.4. The van der Waals surface area contributed by atoms with Crippen molar-refractivity contribution in [2.24, 2.45) is 0 Å². The third kappa shape index (κ3) is 2.00. The average Bonchev–Trinajstić information content (AvgIpc) is 2.73. The zero-order chi connectivity index (χ0) is 8.27. The van der Waals surface area contributed by atoms with Crippen LogP contribution in [0.3, 0.4) is 0 Å². The Labute approximate surface area is 68.1 Å². The van der Waals surface area contributed by atoms with Crippen LogP contribution in [0.4, 0.5) is 0 Å². The van der Waals surface area contributed by atoms with Gasteiger partial charge < -0.3 is 9.64 Å². The normalized spacial score (nSPS) is 17.8. The topological polar surface area (TPSA) is 12.5 Å². The molecule has 0 aliphatic heterocycles. The van der Waals surface area contributed by atoms with Gasteiger partial charge in [-0.05, 0) is 26.0 Å². The fraction of sp³-hybridized carbons (Fsp3) is 0.556. The molecule has 1 aliphatic rings. The van der Waals surface area contributed by atoms with Gasteiger partial charge in [0.05, 0.1) is 7.11 Å². The molecule has 0 heterocycles. The molecule has 11 heavy (non-hydrogen) atoms. The fourth-order valence-corrected chi connectivity index (χ4v) is 1.17. The molecule has 2 nitrogen and oxygen atoms in total. The maximum atomic E-state index is 4.91. The summed E-state index contributed by atoms with van der Waals surface area (Å²) >= 11 is 0. The van der Waals surface area contributed by atoms with Crippen molar-refractivity contribution < 1.29 is 4.74 Å². The highest BCUT2D eigenvalue weighted by molar-refractivity contribution is 5.04. The second-order valence-electron chi connectivity index (χ2n) is 2.82. The van der Waals surface area contributed by atoms with E-state index < -0.39 is 0 Å². The molecule has 0 radical (unpaired) electrons. The maximum absolute atomic E-state index is 4.91. The maximum Gasteiger partial charge on any atom is 0.102 e. The van der Waals surface area contributed by atoms with Crippen LogP contribution in [-0.4, -0.2) is 18.1 Å². The van der Waals surface area contributed by atoms with Crippen molar-refractivity contribution in [3.63, 3.8) is 0 Å². The summed E-state index contributed by atoms with van der Waals surface area (Å²) in [5.74, 6) is 0. The van der Waals surface area contributed by atoms with Crippen LogP contribution < -0.4 is 0 Å². The van der Waals surface area contributed by atoms with Crippen molar-refractivity contribution >= 4 is 0 Å². The molecular formula is C9H15NO. The van der Waals surface area contributed by atoms with Crippen LogP contribution in [-0.2, 0) is 4.74 Å². The van der Waals surface area contributed by atoms with Gasteiger partial charge in [-0.1, -0.05) is 6.58 Å². The lowest BCUT2D eigenvalue weighted by molar-refractivity contribution is 0.315. The van der Waals surface area contributed by atoms with E-state index in [-0.39, 0.29) is 0 Å². The van der Waals surface area contributed by atoms with E-state index in [4.69, 9.17) is 4.74 Å². The standard InChI is InChI=1S/C9H15NO/c1-4-10(9-5-6-9)8(2)7-11-3/h4,7,9H,1,5-6H2,2-3H3/b8-7-. The predicted molar refractivity (Wildman–Crippen MR) is 45.8 cm³/mol. The molecule has 0 aromatic carbocycles. The van der Waals surface area contributed by atoms with Gasteiger partial charge in [0.2, 0.25) is 0 Å². The van der Waals surface area contributed by atoms with Crippen LogP contribution in [0, 0.1) is 0 Å². The summed E-state index contributed by atoms with van der Waals surface area (Å²) in [5, 5.41) is 0. The first-order valence-corrected chi connectivity index (χ1v) is 3.90. The molecule has 0 unspecified atom stereocenters. The van der Waals surface area contributed by atoms with Crippen molar-refractivity contribution in [3.05, 3.63) is 24.7 Å². The van der Waals surface area contributed by atoms with Gasteiger partial charge in [-0.2, -0.15) is 0 Å². The Morgan fingerprint density at radius 3 is 2.64 bits per heavy atom. The summed E-state index contributed by atoms with van der Waals surface area (Å²) in [6.45, 7) is 5.79. The van der Waals surface area contributed by atoms with Gasteiger partial charge in [-0.3, -0.25) is 0 Å². The number of rotatable bonds is 4. The minimum absolute atomic E-state index is 0.680. The molecule has 0 bridgehead atoms. The Hall–Kier alpha value is -0.920. The second kappa shape index (κ2) is 3.46. The van der Waals surface area contributed by atoms with Crippen molar-refractivity contribution in [1.82, 2.24) is 4.90 Å². The molecule has 0 aromatic rings. The highest BCUT2D eigenvalue weighted by atomic mass is 16.5. The van der Waals surface area contributed by atoms with Crippen LogP contribution >= 0.6 is 0 Å². The van der Waals surface area contributed by atoms with Gasteiger partial charge >= 0.3 is 0 Å². The Morgan fingerprint density at radius 2 is 2.27 bits per heavy atom. The third-order valence-electron chi connectivity index (χ3n) is 1.83. The SMILES string of the molecule is C=CN(/C(C)=C\OC)C1CC1. The van der Waals surface area contributed by atoms with Gasteiger partial charge in [0.15, 0.2) is 0 Å². The van der Waals surface area contributed by atoms with Gasteiger partial charge in [0, 0.05) is 11.7 Å². The summed E-state index contributed by atoms with van der Waals surface area (Å²) in [4.78, 5) is 2.16. The van der Waals surface area contributed by atoms with Crippen LogP contribution in [0.15, 0.2) is 24.7 Å². The third-order valence-corrected chi connectivity index (χ3v) is 1.83. The minimum Gasteiger partial charge on any atom is -0.503 e. The Morgan fingerprint density at radius 1 is 1.64 bits per heavy atom. The average molecular weight is 153 g/mol. The van der Waals surface area contributed by atoms with E-state index in [1.807, 2.05) is 13.1 Å². The zero-order valence-corrected chi connectivity index (χ0v) is 7.21. The quantitative estimate of drug-likeness (QED) is 0.573. The lowest BCUT2D eigenvalue weighted by Crippen LogP contribution is -2.16. The molecule has 0 amide bonds. The molecule has 0 aromatic heterocycles. The smallest absolute Gasteiger partial charge is 0.102 e. The van der Waals surface area contributed by atoms with Crippen LogP contribution in [0.25, 0.3) is 0 Å². The summed E-state index contributed by atoms with van der Waals surface area (Å²) in [6.07, 6.45) is 6.17. The predicted octanol–water partition coefficient (Wildman–Crippen LogP) is 2.10. The van der Waals surface area contributed by atoms with Crippen LogP contribution in [0.5, 0.6) is 0 Å². The van der Waals surface area contributed by atoms with Crippen molar-refractivity contribution in [3.8, 4) is 0 Å². The summed E-state index contributed by atoms with van der Waals surface area (Å²) in [7, 11) is 1.66. The first-order chi connectivity index (χ1) is 5.29. The van der Waals surface area contributed by atoms with Crippen LogP contribution in [0.1, 0.15) is 19.8 Å². The van der Waals surface area contributed by atoms with E-state index in [0.717, 1.165) is 5.70 Å². The molecule has 1 rings (SSSR count). The van der Waals surface area contributed by atoms with E-state index in [2.05, 4.69) is 11.5 Å². The largest absolute Gasteiger partial charge is 0.503 e. The molecular weight excluding hydrogens is 138 g/mol. The van der Waals surface area contributed by atoms with Gasteiger partial charge in [-0.25, -0.2) is 0 Å². The number of hydrogen-bond donors (Lipinski definition) is 0. The van der Waals surface area contributed by atoms with E-state index in [0.29, 0.717) is 6.04 Å². The Kier molecular flexibility index (Phi) is 2.58. The summed E-state index contributed by atoms with van der Waals surface area (Å²) in [6, 6.07) is 0.680. The van der Waals surface area contributed by atoms with E-state index in [1.165, 1.54) is 12.8 Å². The second-order valence-corrected chi connectivity index (χ2v) is 2.82. The van der Waals surface area contributed by atoms with E-state index in [1.54, 1.807) is 13.4 Å². The van der Waals surface area contributed by atoms with E-state index >= 15 is 0 Å². The molecule has 1 fully saturated rings. The summed E-state index contributed by atoms with van der Waals surface area (Å²) < 4.78 is 4.91. The zero-order valence-electron chi connectivity index (χ0n) is 7.21. The molecule has 62 valence electrons. The van der Waals surface area contributed by atoms with Crippen molar-refractivity contribution in [2.45, 2.75) is 25.8 Å². The minimum atomic E-state index is 0.680. The Bertz CT molecular complexity index is 170. The number of methoxy groups -OCH3 is 1. The monoisotopic (exact) mass is 153 g/mol. The lowest BCUT2D eigenvalue weighted by Gasteiger charge is -2.19. The summed E-state index contributed by atoms with van der Waals surface area (Å²) in [5.41, 5.74) is 1.13. The van der Waals surface area contributed by atoms with E-state index in [9.17, 15) is 0 Å². The highest BCUT2D eigenvalue weighted by Gasteiger charge is 2.27. The highest BCUT2D eigenvalue weighted by Crippen LogP contribution is 2.29. The fourth-order valence-electron chi connectivity index (χ4n) is 1.17.